The smallest absolute Gasteiger partial charge is 0.275 e. The molecule has 0 saturated carbocycles. The van der Waals surface area contributed by atoms with Crippen molar-refractivity contribution in [2.45, 2.75) is 18.2 Å². The maximum absolute atomic E-state index is 12.0. The van der Waals surface area contributed by atoms with Gasteiger partial charge < -0.3 is 4.74 Å². The van der Waals surface area contributed by atoms with Crippen molar-refractivity contribution in [2.75, 3.05) is 20.3 Å². The van der Waals surface area contributed by atoms with Crippen molar-refractivity contribution >= 4 is 27.3 Å². The van der Waals surface area contributed by atoms with E-state index in [-0.39, 0.29) is 27.7 Å². The molecule has 20 heavy (non-hydrogen) atoms. The number of hydrogen-bond acceptors (Lipinski definition) is 5. The minimum atomic E-state index is -3.83. The average Bonchev–Trinajstić information content (AvgIpc) is 2.37. The van der Waals surface area contributed by atoms with Crippen LogP contribution in [0.4, 0.5) is 5.69 Å². The zero-order chi connectivity index (χ0) is 15.3. The molecule has 9 heteroatoms. The normalized spacial score (nSPS) is 11.6. The third-order valence-electron chi connectivity index (χ3n) is 2.61. The molecule has 0 fully saturated rings. The Kier molecular flexibility index (Phi) is 5.88. The number of sulfonamides is 1. The molecule has 0 radical (unpaired) electrons. The molecule has 1 rings (SSSR count). The number of nitro groups is 1. The molecule has 0 aromatic heterocycles. The molecule has 1 N–H and O–H groups in total. The molecule has 7 nitrogen and oxygen atoms in total. The van der Waals surface area contributed by atoms with Crippen LogP contribution in [0.5, 0.6) is 0 Å². The Morgan fingerprint density at radius 1 is 1.45 bits per heavy atom. The Morgan fingerprint density at radius 3 is 2.65 bits per heavy atom. The molecular weight excluding hydrogens is 308 g/mol. The van der Waals surface area contributed by atoms with Gasteiger partial charge in [0, 0.05) is 31.9 Å². The second-order valence-corrected chi connectivity index (χ2v) is 6.22. The van der Waals surface area contributed by atoms with Gasteiger partial charge in [-0.3, -0.25) is 10.1 Å². The van der Waals surface area contributed by atoms with Gasteiger partial charge in [0.2, 0.25) is 10.0 Å². The number of benzene rings is 1. The highest BCUT2D eigenvalue weighted by molar-refractivity contribution is 7.89. The predicted octanol–water partition coefficient (Wildman–Crippen LogP) is 1.87. The maximum Gasteiger partial charge on any atom is 0.275 e. The van der Waals surface area contributed by atoms with E-state index in [0.29, 0.717) is 13.0 Å². The molecule has 0 unspecified atom stereocenters. The van der Waals surface area contributed by atoms with E-state index in [1.807, 2.05) is 0 Å². The number of methoxy groups -OCH3 is 1. The largest absolute Gasteiger partial charge is 0.385 e. The molecule has 0 atom stereocenters. The van der Waals surface area contributed by atoms with Crippen LogP contribution in [0.3, 0.4) is 0 Å². The summed E-state index contributed by atoms with van der Waals surface area (Å²) in [6, 6.07) is 2.20. The number of hydrogen-bond donors (Lipinski definition) is 1. The van der Waals surface area contributed by atoms with E-state index >= 15 is 0 Å². The van der Waals surface area contributed by atoms with Crippen LogP contribution in [-0.4, -0.2) is 33.6 Å². The molecule has 0 amide bonds. The van der Waals surface area contributed by atoms with Crippen LogP contribution in [0.2, 0.25) is 5.02 Å². The highest BCUT2D eigenvalue weighted by Crippen LogP contribution is 2.29. The Bertz CT molecular complexity index is 603. The van der Waals surface area contributed by atoms with Crippen LogP contribution in [0.1, 0.15) is 12.0 Å². The van der Waals surface area contributed by atoms with Gasteiger partial charge in [0.05, 0.1) is 14.8 Å². The van der Waals surface area contributed by atoms with E-state index in [4.69, 9.17) is 16.3 Å². The van der Waals surface area contributed by atoms with E-state index in [1.54, 1.807) is 0 Å². The lowest BCUT2D eigenvalue weighted by Crippen LogP contribution is -2.25. The van der Waals surface area contributed by atoms with Crippen molar-refractivity contribution in [1.29, 1.82) is 0 Å². The number of nitrogens with zero attached hydrogens (tertiary/aromatic N) is 1. The number of nitro benzene ring substituents is 1. The SMILES string of the molecule is COCCCNS(=O)(=O)c1cc(Cl)c(C)c([N+](=O)[O-])c1. The molecule has 112 valence electrons. The molecular formula is C11H15ClN2O5S. The molecule has 0 saturated heterocycles. The first-order chi connectivity index (χ1) is 9.29. The average molecular weight is 323 g/mol. The second-order valence-electron chi connectivity index (χ2n) is 4.05. The lowest BCUT2D eigenvalue weighted by atomic mass is 10.2. The first-order valence-electron chi connectivity index (χ1n) is 5.72. The lowest BCUT2D eigenvalue weighted by molar-refractivity contribution is -0.385. The van der Waals surface area contributed by atoms with Gasteiger partial charge in [-0.15, -0.1) is 0 Å². The molecule has 1 aromatic carbocycles. The molecule has 0 aliphatic rings. The van der Waals surface area contributed by atoms with Crippen LogP contribution in [0.25, 0.3) is 0 Å². The van der Waals surface area contributed by atoms with Gasteiger partial charge in [0.25, 0.3) is 5.69 Å². The molecule has 0 bridgehead atoms. The van der Waals surface area contributed by atoms with Crippen molar-refractivity contribution < 1.29 is 18.1 Å². The van der Waals surface area contributed by atoms with Gasteiger partial charge in [-0.2, -0.15) is 0 Å². The van der Waals surface area contributed by atoms with Crippen LogP contribution in [0.15, 0.2) is 17.0 Å². The van der Waals surface area contributed by atoms with Gasteiger partial charge in [-0.1, -0.05) is 11.6 Å². The van der Waals surface area contributed by atoms with Crippen LogP contribution in [0, 0.1) is 17.0 Å². The third-order valence-corrected chi connectivity index (χ3v) is 4.45. The summed E-state index contributed by atoms with van der Waals surface area (Å²) in [6.07, 6.45) is 0.497. The highest BCUT2D eigenvalue weighted by atomic mass is 35.5. The zero-order valence-corrected chi connectivity index (χ0v) is 12.6. The van der Waals surface area contributed by atoms with Gasteiger partial charge in [0.15, 0.2) is 0 Å². The summed E-state index contributed by atoms with van der Waals surface area (Å²) in [5, 5.41) is 10.9. The van der Waals surface area contributed by atoms with E-state index in [1.165, 1.54) is 20.1 Å². The van der Waals surface area contributed by atoms with Crippen LogP contribution in [-0.2, 0) is 14.8 Å². The zero-order valence-electron chi connectivity index (χ0n) is 11.1. The Labute approximate surface area is 122 Å². The number of nitrogens with one attached hydrogen (secondary N) is 1. The van der Waals surface area contributed by atoms with E-state index in [0.717, 1.165) is 6.07 Å². The summed E-state index contributed by atoms with van der Waals surface area (Å²) in [5.41, 5.74) is -0.0928. The maximum atomic E-state index is 12.0. The fourth-order valence-corrected chi connectivity index (χ4v) is 2.89. The lowest BCUT2D eigenvalue weighted by Gasteiger charge is -2.08. The fraction of sp³-hybridized carbons (Fsp3) is 0.455. The summed E-state index contributed by atoms with van der Waals surface area (Å²) in [6.45, 7) is 2.05. The number of rotatable bonds is 7. The topological polar surface area (TPSA) is 98.5 Å². The predicted molar refractivity (Wildman–Crippen MR) is 74.5 cm³/mol. The summed E-state index contributed by atoms with van der Waals surface area (Å²) in [7, 11) is -2.32. The Hall–Kier alpha value is -1.22. The first-order valence-corrected chi connectivity index (χ1v) is 7.59. The van der Waals surface area contributed by atoms with Gasteiger partial charge in [0.1, 0.15) is 0 Å². The van der Waals surface area contributed by atoms with E-state index in [2.05, 4.69) is 4.72 Å². The standard InChI is InChI=1S/C11H15ClN2O5S/c1-8-10(12)6-9(7-11(8)14(15)16)20(17,18)13-4-3-5-19-2/h6-7,13H,3-5H2,1-2H3. The summed E-state index contributed by atoms with van der Waals surface area (Å²) in [5.74, 6) is 0. The minimum absolute atomic E-state index is 0.0384. The Balaban J connectivity index is 3.04. The fourth-order valence-electron chi connectivity index (χ4n) is 1.49. The summed E-state index contributed by atoms with van der Waals surface area (Å²) < 4.78 is 31.1. The Morgan fingerprint density at radius 2 is 2.10 bits per heavy atom. The summed E-state index contributed by atoms with van der Waals surface area (Å²) in [4.78, 5) is 9.98. The molecule has 0 spiro atoms. The van der Waals surface area contributed by atoms with Crippen LogP contribution < -0.4 is 4.72 Å². The molecule has 0 heterocycles. The molecule has 0 aliphatic carbocycles. The van der Waals surface area contributed by atoms with Crippen LogP contribution >= 0.6 is 11.6 Å². The number of ether oxygens (including phenoxy) is 1. The monoisotopic (exact) mass is 322 g/mol. The molecule has 0 aliphatic heterocycles. The van der Waals surface area contributed by atoms with Crippen molar-refractivity contribution in [3.8, 4) is 0 Å². The van der Waals surface area contributed by atoms with Gasteiger partial charge in [-0.05, 0) is 19.4 Å². The molecule has 1 aromatic rings. The summed E-state index contributed by atoms with van der Waals surface area (Å²) >= 11 is 5.84. The van der Waals surface area contributed by atoms with Gasteiger partial charge in [-0.25, -0.2) is 13.1 Å². The minimum Gasteiger partial charge on any atom is -0.385 e. The first kappa shape index (κ1) is 16.8. The quantitative estimate of drug-likeness (QED) is 0.469. The second kappa shape index (κ2) is 6.98. The van der Waals surface area contributed by atoms with Crippen molar-refractivity contribution in [3.63, 3.8) is 0 Å². The van der Waals surface area contributed by atoms with Crippen molar-refractivity contribution in [2.24, 2.45) is 0 Å². The number of halogens is 1. The van der Waals surface area contributed by atoms with E-state index in [9.17, 15) is 18.5 Å². The van der Waals surface area contributed by atoms with E-state index < -0.39 is 14.9 Å². The van der Waals surface area contributed by atoms with Gasteiger partial charge >= 0.3 is 0 Å². The highest BCUT2D eigenvalue weighted by Gasteiger charge is 2.22. The van der Waals surface area contributed by atoms with Crippen molar-refractivity contribution in [3.05, 3.63) is 32.8 Å². The van der Waals surface area contributed by atoms with Crippen molar-refractivity contribution in [1.82, 2.24) is 4.72 Å². The third kappa shape index (κ3) is 4.14.